The maximum atomic E-state index is 13.2. The Morgan fingerprint density at radius 1 is 1.08 bits per heavy atom. The van der Waals surface area contributed by atoms with Gasteiger partial charge in [0.2, 0.25) is 15.9 Å². The first-order chi connectivity index (χ1) is 11.7. The molecule has 1 saturated heterocycles. The van der Waals surface area contributed by atoms with Crippen molar-refractivity contribution in [3.63, 3.8) is 0 Å². The number of nitrogens with one attached hydrogen (secondary N) is 1. The first-order valence-electron chi connectivity index (χ1n) is 7.13. The number of rotatable bonds is 4. The second kappa shape index (κ2) is 6.12. The van der Waals surface area contributed by atoms with Crippen molar-refractivity contribution in [3.05, 3.63) is 54.3 Å². The standard InChI is InChI=1S/C15H13FN2O5S2/c16-11-2-1-3-12(10-11)17-25(22,23)14-6-4-13(5-7-14)18-15(19)8-9-24(18,20)21/h1-7,10,17H,8-9H2. The molecule has 0 saturated carbocycles. The summed E-state index contributed by atoms with van der Waals surface area (Å²) in [7, 11) is -7.70. The van der Waals surface area contributed by atoms with Gasteiger partial charge in [-0.1, -0.05) is 6.07 Å². The average molecular weight is 384 g/mol. The van der Waals surface area contributed by atoms with E-state index >= 15 is 0 Å². The predicted octanol–water partition coefficient (Wildman–Crippen LogP) is 1.69. The van der Waals surface area contributed by atoms with Gasteiger partial charge in [0.15, 0.2) is 0 Å². The summed E-state index contributed by atoms with van der Waals surface area (Å²) in [4.78, 5) is 11.6. The largest absolute Gasteiger partial charge is 0.280 e. The summed E-state index contributed by atoms with van der Waals surface area (Å²) >= 11 is 0. The van der Waals surface area contributed by atoms with E-state index in [1.165, 1.54) is 42.5 Å². The predicted molar refractivity (Wildman–Crippen MR) is 89.5 cm³/mol. The monoisotopic (exact) mass is 384 g/mol. The molecule has 0 bridgehead atoms. The van der Waals surface area contributed by atoms with Gasteiger partial charge in [-0.3, -0.25) is 9.52 Å². The summed E-state index contributed by atoms with van der Waals surface area (Å²) in [5.74, 6) is -1.42. The number of carbonyl (C=O) groups excluding carboxylic acids is 1. The van der Waals surface area contributed by atoms with E-state index in [1.54, 1.807) is 0 Å². The van der Waals surface area contributed by atoms with Crippen LogP contribution in [0, 0.1) is 5.82 Å². The number of sulfonamides is 2. The van der Waals surface area contributed by atoms with Crippen molar-refractivity contribution in [2.24, 2.45) is 0 Å². The van der Waals surface area contributed by atoms with E-state index < -0.39 is 31.8 Å². The highest BCUT2D eigenvalue weighted by Crippen LogP contribution is 2.26. The lowest BCUT2D eigenvalue weighted by atomic mass is 10.3. The van der Waals surface area contributed by atoms with Gasteiger partial charge in [0.25, 0.3) is 10.0 Å². The Balaban J connectivity index is 1.88. The number of hydrogen-bond acceptors (Lipinski definition) is 5. The second-order valence-corrected chi connectivity index (χ2v) is 8.95. The Hall–Kier alpha value is -2.46. The zero-order valence-corrected chi connectivity index (χ0v) is 14.3. The van der Waals surface area contributed by atoms with Crippen molar-refractivity contribution in [2.45, 2.75) is 11.3 Å². The summed E-state index contributed by atoms with van der Waals surface area (Å²) in [6.45, 7) is 0. The SMILES string of the molecule is O=C1CCS(=O)(=O)N1c1ccc(S(=O)(=O)Nc2cccc(F)c2)cc1. The van der Waals surface area contributed by atoms with Gasteiger partial charge in [-0.25, -0.2) is 25.5 Å². The quantitative estimate of drug-likeness (QED) is 0.865. The van der Waals surface area contributed by atoms with Crippen LogP contribution in [0.3, 0.4) is 0 Å². The Labute approximate surface area is 144 Å². The smallest absolute Gasteiger partial charge is 0.261 e. The number of halogens is 1. The molecule has 0 radical (unpaired) electrons. The van der Waals surface area contributed by atoms with E-state index in [1.807, 2.05) is 0 Å². The van der Waals surface area contributed by atoms with E-state index in [-0.39, 0.29) is 28.4 Å². The molecule has 1 N–H and O–H groups in total. The fraction of sp³-hybridized carbons (Fsp3) is 0.133. The first kappa shape index (κ1) is 17.4. The van der Waals surface area contributed by atoms with Gasteiger partial charge in [-0.05, 0) is 42.5 Å². The summed E-state index contributed by atoms with van der Waals surface area (Å²) in [6.07, 6.45) is -0.108. The third-order valence-corrected chi connectivity index (χ3v) is 6.62. The summed E-state index contributed by atoms with van der Waals surface area (Å²) < 4.78 is 64.4. The molecule has 1 amide bonds. The van der Waals surface area contributed by atoms with Crippen molar-refractivity contribution in [1.82, 2.24) is 0 Å². The Kier molecular flexibility index (Phi) is 4.25. The minimum atomic E-state index is -3.98. The van der Waals surface area contributed by atoms with E-state index in [0.717, 1.165) is 6.07 Å². The molecule has 0 aromatic heterocycles. The van der Waals surface area contributed by atoms with E-state index in [9.17, 15) is 26.0 Å². The molecule has 1 aliphatic heterocycles. The van der Waals surface area contributed by atoms with Crippen LogP contribution in [-0.2, 0) is 24.8 Å². The summed E-state index contributed by atoms with van der Waals surface area (Å²) in [5, 5.41) is 0. The van der Waals surface area contributed by atoms with Crippen LogP contribution in [-0.4, -0.2) is 28.5 Å². The topological polar surface area (TPSA) is 101 Å². The fourth-order valence-electron chi connectivity index (χ4n) is 2.40. The minimum absolute atomic E-state index is 0.0568. The van der Waals surface area contributed by atoms with Crippen LogP contribution in [0.15, 0.2) is 53.4 Å². The molecule has 10 heteroatoms. The Bertz CT molecular complexity index is 1030. The molecule has 1 aliphatic rings. The normalized spacial score (nSPS) is 16.8. The Morgan fingerprint density at radius 3 is 2.32 bits per heavy atom. The third kappa shape index (κ3) is 3.49. The molecular weight excluding hydrogens is 371 g/mol. The molecule has 1 fully saturated rings. The number of hydrogen-bond donors (Lipinski definition) is 1. The van der Waals surface area contributed by atoms with Gasteiger partial charge in [0.05, 0.1) is 22.0 Å². The number of nitrogens with zero attached hydrogens (tertiary/aromatic N) is 1. The van der Waals surface area contributed by atoms with Crippen molar-refractivity contribution in [1.29, 1.82) is 0 Å². The van der Waals surface area contributed by atoms with Gasteiger partial charge in [-0.15, -0.1) is 0 Å². The van der Waals surface area contributed by atoms with Crippen molar-refractivity contribution >= 4 is 37.3 Å². The molecular formula is C15H13FN2O5S2. The molecule has 0 aliphatic carbocycles. The van der Waals surface area contributed by atoms with Gasteiger partial charge in [0, 0.05) is 6.42 Å². The van der Waals surface area contributed by atoms with Crippen LogP contribution >= 0.6 is 0 Å². The van der Waals surface area contributed by atoms with Crippen molar-refractivity contribution in [2.75, 3.05) is 14.8 Å². The van der Waals surface area contributed by atoms with E-state index in [4.69, 9.17) is 0 Å². The molecule has 3 rings (SSSR count). The first-order valence-corrected chi connectivity index (χ1v) is 10.2. The lowest BCUT2D eigenvalue weighted by Gasteiger charge is -2.15. The number of anilines is 2. The van der Waals surface area contributed by atoms with Crippen molar-refractivity contribution in [3.8, 4) is 0 Å². The molecule has 0 unspecified atom stereocenters. The van der Waals surface area contributed by atoms with Gasteiger partial charge in [0.1, 0.15) is 5.82 Å². The molecule has 2 aromatic carbocycles. The zero-order valence-electron chi connectivity index (χ0n) is 12.7. The molecule has 0 spiro atoms. The van der Waals surface area contributed by atoms with Crippen LogP contribution in [0.1, 0.15) is 6.42 Å². The summed E-state index contributed by atoms with van der Waals surface area (Å²) in [6, 6.07) is 9.80. The van der Waals surface area contributed by atoms with E-state index in [2.05, 4.69) is 4.72 Å². The molecule has 0 atom stereocenters. The lowest BCUT2D eigenvalue weighted by Crippen LogP contribution is -2.29. The number of benzene rings is 2. The maximum Gasteiger partial charge on any atom is 0.261 e. The summed E-state index contributed by atoms with van der Waals surface area (Å²) in [5.41, 5.74) is 0.133. The number of amides is 1. The van der Waals surface area contributed by atoms with Crippen LogP contribution in [0.5, 0.6) is 0 Å². The minimum Gasteiger partial charge on any atom is -0.280 e. The van der Waals surface area contributed by atoms with Gasteiger partial charge < -0.3 is 0 Å². The number of carbonyl (C=O) groups is 1. The Morgan fingerprint density at radius 2 is 1.76 bits per heavy atom. The maximum absolute atomic E-state index is 13.2. The fourth-order valence-corrected chi connectivity index (χ4v) is 4.90. The van der Waals surface area contributed by atoms with Crippen LogP contribution < -0.4 is 9.03 Å². The highest BCUT2D eigenvalue weighted by Gasteiger charge is 2.36. The van der Waals surface area contributed by atoms with Crippen LogP contribution in [0.4, 0.5) is 15.8 Å². The third-order valence-electron chi connectivity index (χ3n) is 3.54. The van der Waals surface area contributed by atoms with Gasteiger partial charge >= 0.3 is 0 Å². The molecule has 7 nitrogen and oxygen atoms in total. The van der Waals surface area contributed by atoms with Gasteiger partial charge in [-0.2, -0.15) is 0 Å². The molecule has 2 aromatic rings. The lowest BCUT2D eigenvalue weighted by molar-refractivity contribution is -0.116. The highest BCUT2D eigenvalue weighted by molar-refractivity contribution is 7.94. The van der Waals surface area contributed by atoms with E-state index in [0.29, 0.717) is 4.31 Å². The molecule has 1 heterocycles. The van der Waals surface area contributed by atoms with Crippen molar-refractivity contribution < 1.29 is 26.0 Å². The highest BCUT2D eigenvalue weighted by atomic mass is 32.2. The van der Waals surface area contributed by atoms with Crippen LogP contribution in [0.2, 0.25) is 0 Å². The average Bonchev–Trinajstić information content (AvgIpc) is 2.80. The molecule has 132 valence electrons. The molecule has 25 heavy (non-hydrogen) atoms. The van der Waals surface area contributed by atoms with Crippen LogP contribution in [0.25, 0.3) is 0 Å². The second-order valence-electron chi connectivity index (χ2n) is 5.33. The zero-order chi connectivity index (χ0) is 18.2.